The van der Waals surface area contributed by atoms with Crippen LogP contribution in [0.25, 0.3) is 21.2 Å². The molecule has 0 spiro atoms. The molecule has 0 atom stereocenters. The highest BCUT2D eigenvalue weighted by Crippen LogP contribution is 2.24. The van der Waals surface area contributed by atoms with Crippen LogP contribution in [0.5, 0.6) is 5.75 Å². The Kier molecular flexibility index (Phi) is 5.68. The Morgan fingerprint density at radius 3 is 2.74 bits per heavy atom. The van der Waals surface area contributed by atoms with E-state index in [1.807, 2.05) is 13.0 Å². The minimum atomic E-state index is -0.724. The lowest BCUT2D eigenvalue weighted by atomic mass is 10.2. The largest absolute Gasteiger partial charge is 0.494 e. The van der Waals surface area contributed by atoms with Gasteiger partial charge in [-0.3, -0.25) is 14.4 Å². The van der Waals surface area contributed by atoms with Gasteiger partial charge in [-0.05, 0) is 37.3 Å². The summed E-state index contributed by atoms with van der Waals surface area (Å²) < 4.78 is 18.3. The maximum absolute atomic E-state index is 12.8. The summed E-state index contributed by atoms with van der Waals surface area (Å²) in [6.45, 7) is 2.26. The van der Waals surface area contributed by atoms with Crippen LogP contribution in [0.4, 0.5) is 0 Å². The molecule has 0 N–H and O–H groups in total. The number of ether oxygens (including phenoxy) is 2. The number of fused-ring (bicyclic) bond motifs is 2. The van der Waals surface area contributed by atoms with E-state index in [2.05, 4.69) is 4.99 Å². The van der Waals surface area contributed by atoms with Gasteiger partial charge >= 0.3 is 11.9 Å². The van der Waals surface area contributed by atoms with Gasteiger partial charge < -0.3 is 18.5 Å². The van der Waals surface area contributed by atoms with E-state index in [-0.39, 0.29) is 22.5 Å². The topological polar surface area (TPSA) is 100 Å². The zero-order valence-corrected chi connectivity index (χ0v) is 17.6. The van der Waals surface area contributed by atoms with Crippen LogP contribution < -0.4 is 15.0 Å². The Bertz CT molecular complexity index is 1430. The van der Waals surface area contributed by atoms with Gasteiger partial charge in [0.05, 0.1) is 29.3 Å². The molecular weight excluding hydrogens is 420 g/mol. The Hall–Kier alpha value is -3.72. The number of carbonyl (C=O) groups excluding carboxylic acids is 2. The molecule has 4 aromatic rings. The lowest BCUT2D eigenvalue weighted by Gasteiger charge is -2.05. The number of hydrogen-bond donors (Lipinski definition) is 0. The Balaban J connectivity index is 1.85. The lowest BCUT2D eigenvalue weighted by molar-refractivity contribution is -0.141. The highest BCUT2D eigenvalue weighted by atomic mass is 32.1. The van der Waals surface area contributed by atoms with Gasteiger partial charge in [-0.1, -0.05) is 23.5 Å². The van der Waals surface area contributed by atoms with Gasteiger partial charge in [0.15, 0.2) is 16.0 Å². The van der Waals surface area contributed by atoms with Crippen LogP contribution >= 0.6 is 11.3 Å². The van der Waals surface area contributed by atoms with Crippen LogP contribution in [0.1, 0.15) is 17.5 Å². The first-order chi connectivity index (χ1) is 15.0. The summed E-state index contributed by atoms with van der Waals surface area (Å²) >= 11 is 1.22. The third-order valence-corrected chi connectivity index (χ3v) is 5.56. The number of para-hydroxylation sites is 1. The summed E-state index contributed by atoms with van der Waals surface area (Å²) in [5.41, 5.74) is 0.666. The normalized spacial score (nSPS) is 11.7. The van der Waals surface area contributed by atoms with E-state index in [9.17, 15) is 14.4 Å². The quantitative estimate of drug-likeness (QED) is 0.444. The van der Waals surface area contributed by atoms with Crippen molar-refractivity contribution in [2.75, 3.05) is 13.7 Å². The maximum atomic E-state index is 12.8. The summed E-state index contributed by atoms with van der Waals surface area (Å²) in [6, 6.07) is 13.2. The number of aromatic nitrogens is 1. The molecule has 8 nitrogen and oxygen atoms in total. The molecule has 4 rings (SSSR count). The molecule has 0 bridgehead atoms. The number of methoxy groups -OCH3 is 1. The third kappa shape index (κ3) is 4.13. The molecule has 9 heteroatoms. The SMILES string of the molecule is CCOc1ccc2c(c1)sc(=NC(=O)c1cc(=O)c3ccccc3o1)n2CC(=O)OC. The zero-order valence-electron chi connectivity index (χ0n) is 16.8. The van der Waals surface area contributed by atoms with E-state index in [1.54, 1.807) is 41.0 Å². The Morgan fingerprint density at radius 2 is 1.97 bits per heavy atom. The van der Waals surface area contributed by atoms with Crippen molar-refractivity contribution in [3.63, 3.8) is 0 Å². The van der Waals surface area contributed by atoms with E-state index in [1.165, 1.54) is 18.4 Å². The molecule has 0 saturated carbocycles. The number of amides is 1. The monoisotopic (exact) mass is 438 g/mol. The predicted octanol–water partition coefficient (Wildman–Crippen LogP) is 3.12. The van der Waals surface area contributed by atoms with E-state index in [4.69, 9.17) is 13.9 Å². The Morgan fingerprint density at radius 1 is 1.16 bits per heavy atom. The van der Waals surface area contributed by atoms with Gasteiger partial charge in [-0.15, -0.1) is 0 Å². The average Bonchev–Trinajstić information content (AvgIpc) is 3.09. The van der Waals surface area contributed by atoms with Gasteiger partial charge in [0, 0.05) is 6.07 Å². The summed E-state index contributed by atoms with van der Waals surface area (Å²) in [5, 5.41) is 0.380. The van der Waals surface area contributed by atoms with Crippen molar-refractivity contribution in [1.82, 2.24) is 4.57 Å². The van der Waals surface area contributed by atoms with Crippen LogP contribution in [0.3, 0.4) is 0 Å². The first kappa shape index (κ1) is 20.5. The summed E-state index contributed by atoms with van der Waals surface area (Å²) in [4.78, 5) is 41.5. The van der Waals surface area contributed by atoms with Crippen LogP contribution in [0.2, 0.25) is 0 Å². The van der Waals surface area contributed by atoms with Gasteiger partial charge in [0.2, 0.25) is 0 Å². The second-order valence-electron chi connectivity index (χ2n) is 6.50. The second-order valence-corrected chi connectivity index (χ2v) is 7.51. The van der Waals surface area contributed by atoms with Crippen molar-refractivity contribution in [2.24, 2.45) is 4.99 Å². The number of benzene rings is 2. The molecule has 2 heterocycles. The van der Waals surface area contributed by atoms with Crippen molar-refractivity contribution < 1.29 is 23.5 Å². The van der Waals surface area contributed by atoms with E-state index in [0.29, 0.717) is 28.8 Å². The van der Waals surface area contributed by atoms with Crippen molar-refractivity contribution in [3.05, 3.63) is 69.3 Å². The van der Waals surface area contributed by atoms with Crippen LogP contribution in [-0.4, -0.2) is 30.2 Å². The predicted molar refractivity (Wildman–Crippen MR) is 115 cm³/mol. The number of nitrogens with zero attached hydrogens (tertiary/aromatic N) is 2. The van der Waals surface area contributed by atoms with Crippen molar-refractivity contribution in [2.45, 2.75) is 13.5 Å². The molecule has 158 valence electrons. The molecule has 0 fully saturated rings. The molecule has 0 saturated heterocycles. The van der Waals surface area contributed by atoms with Gasteiger partial charge in [-0.25, -0.2) is 0 Å². The highest BCUT2D eigenvalue weighted by Gasteiger charge is 2.15. The molecular formula is C22H18N2O6S. The van der Waals surface area contributed by atoms with E-state index < -0.39 is 11.9 Å². The number of thiazole rings is 1. The molecule has 0 aliphatic rings. The first-order valence-corrected chi connectivity index (χ1v) is 10.3. The summed E-state index contributed by atoms with van der Waals surface area (Å²) in [7, 11) is 1.29. The van der Waals surface area contributed by atoms with Crippen LogP contribution in [0, 0.1) is 0 Å². The molecule has 0 aliphatic heterocycles. The standard InChI is InChI=1S/C22H18N2O6S/c1-3-29-13-8-9-15-19(10-13)31-22(24(15)12-20(26)28-2)23-21(27)18-11-16(25)14-6-4-5-7-17(14)30-18/h4-11H,3,12H2,1-2H3. The fourth-order valence-corrected chi connectivity index (χ4v) is 4.15. The maximum Gasteiger partial charge on any atom is 0.325 e. The smallest absolute Gasteiger partial charge is 0.325 e. The fraction of sp³-hybridized carbons (Fsp3) is 0.182. The zero-order chi connectivity index (χ0) is 22.0. The lowest BCUT2D eigenvalue weighted by Crippen LogP contribution is -2.22. The minimum absolute atomic E-state index is 0.127. The second kappa shape index (κ2) is 8.57. The number of esters is 1. The van der Waals surface area contributed by atoms with Gasteiger partial charge in [-0.2, -0.15) is 4.99 Å². The van der Waals surface area contributed by atoms with Crippen molar-refractivity contribution >= 4 is 44.4 Å². The molecule has 2 aromatic heterocycles. The fourth-order valence-electron chi connectivity index (χ4n) is 3.09. The molecule has 0 aliphatic carbocycles. The minimum Gasteiger partial charge on any atom is -0.494 e. The third-order valence-electron chi connectivity index (χ3n) is 4.52. The van der Waals surface area contributed by atoms with E-state index >= 15 is 0 Å². The number of hydrogen-bond acceptors (Lipinski definition) is 7. The highest BCUT2D eigenvalue weighted by molar-refractivity contribution is 7.16. The first-order valence-electron chi connectivity index (χ1n) is 9.45. The average molecular weight is 438 g/mol. The molecule has 1 amide bonds. The number of carbonyl (C=O) groups is 2. The van der Waals surface area contributed by atoms with Crippen LogP contribution in [0.15, 0.2) is 62.7 Å². The molecule has 31 heavy (non-hydrogen) atoms. The Labute approximate surface area is 180 Å². The van der Waals surface area contributed by atoms with Crippen molar-refractivity contribution in [1.29, 1.82) is 0 Å². The summed E-state index contributed by atoms with van der Waals surface area (Å²) in [6.07, 6.45) is 0. The van der Waals surface area contributed by atoms with Crippen molar-refractivity contribution in [3.8, 4) is 5.75 Å². The molecule has 0 radical (unpaired) electrons. The number of rotatable bonds is 5. The molecule has 2 aromatic carbocycles. The van der Waals surface area contributed by atoms with Crippen LogP contribution in [-0.2, 0) is 16.1 Å². The van der Waals surface area contributed by atoms with Gasteiger partial charge in [0.1, 0.15) is 17.9 Å². The van der Waals surface area contributed by atoms with Gasteiger partial charge in [0.25, 0.3) is 0 Å². The summed E-state index contributed by atoms with van der Waals surface area (Å²) in [5.74, 6) is -0.724. The molecule has 0 unspecified atom stereocenters. The van der Waals surface area contributed by atoms with E-state index in [0.717, 1.165) is 10.8 Å².